The van der Waals surface area contributed by atoms with Crippen LogP contribution in [0.1, 0.15) is 11.4 Å². The molecule has 0 bridgehead atoms. The molecule has 0 aliphatic heterocycles. The number of rotatable bonds is 3. The molecule has 2 aromatic carbocycles. The largest absolute Gasteiger partial charge is 0.421 e. The Morgan fingerprint density at radius 3 is 2.59 bits per heavy atom. The second-order valence-electron chi connectivity index (χ2n) is 5.28. The summed E-state index contributed by atoms with van der Waals surface area (Å²) in [7, 11) is 0. The van der Waals surface area contributed by atoms with Crippen LogP contribution in [-0.4, -0.2) is 9.97 Å². The minimum Gasteiger partial charge on any atom is -0.421 e. The highest BCUT2D eigenvalue weighted by Crippen LogP contribution is 2.21. The van der Waals surface area contributed by atoms with Crippen LogP contribution >= 0.6 is 0 Å². The van der Waals surface area contributed by atoms with E-state index < -0.39 is 0 Å². The number of imidazole rings is 1. The zero-order chi connectivity index (χ0) is 14.9. The third kappa shape index (κ3) is 2.19. The zero-order valence-corrected chi connectivity index (χ0v) is 11.9. The first-order valence-corrected chi connectivity index (χ1v) is 7.25. The average Bonchev–Trinajstić information content (AvgIpc) is 2.99. The number of aromatic amines is 1. The molecule has 108 valence electrons. The van der Waals surface area contributed by atoms with Crippen LogP contribution < -0.4 is 5.63 Å². The van der Waals surface area contributed by atoms with Gasteiger partial charge < -0.3 is 9.40 Å². The van der Waals surface area contributed by atoms with Crippen LogP contribution in [0.2, 0.25) is 0 Å². The van der Waals surface area contributed by atoms with Gasteiger partial charge in [-0.3, -0.25) is 0 Å². The van der Waals surface area contributed by atoms with E-state index in [1.165, 1.54) is 5.56 Å². The van der Waals surface area contributed by atoms with E-state index in [0.717, 1.165) is 24.1 Å². The van der Waals surface area contributed by atoms with E-state index in [1.54, 1.807) is 6.07 Å². The SMILES string of the molecule is O=c1oc2ccccc2c2nc(CCc3ccccc3)[nH]c12. The van der Waals surface area contributed by atoms with Crippen molar-refractivity contribution in [1.82, 2.24) is 9.97 Å². The van der Waals surface area contributed by atoms with Gasteiger partial charge in [0.05, 0.1) is 0 Å². The van der Waals surface area contributed by atoms with Gasteiger partial charge in [0.25, 0.3) is 0 Å². The second kappa shape index (κ2) is 5.15. The summed E-state index contributed by atoms with van der Waals surface area (Å²) in [6.45, 7) is 0. The first-order chi connectivity index (χ1) is 10.8. The first-order valence-electron chi connectivity index (χ1n) is 7.25. The summed E-state index contributed by atoms with van der Waals surface area (Å²) in [5.41, 5.74) is 2.59. The number of hydrogen-bond acceptors (Lipinski definition) is 3. The molecule has 4 nitrogen and oxygen atoms in total. The summed E-state index contributed by atoms with van der Waals surface area (Å²) in [4.78, 5) is 19.8. The molecule has 0 amide bonds. The van der Waals surface area contributed by atoms with Crippen LogP contribution in [0.25, 0.3) is 22.0 Å². The number of para-hydroxylation sites is 1. The van der Waals surface area contributed by atoms with Crippen LogP contribution in [0.5, 0.6) is 0 Å². The van der Waals surface area contributed by atoms with Crippen LogP contribution in [0.15, 0.2) is 63.8 Å². The summed E-state index contributed by atoms with van der Waals surface area (Å²) in [6.07, 6.45) is 1.64. The minimum atomic E-state index is -0.368. The molecule has 0 aliphatic rings. The lowest BCUT2D eigenvalue weighted by Gasteiger charge is -1.97. The van der Waals surface area contributed by atoms with Gasteiger partial charge in [-0.15, -0.1) is 0 Å². The molecular formula is C18H14N2O2. The lowest BCUT2D eigenvalue weighted by molar-refractivity contribution is 0.568. The Morgan fingerprint density at radius 2 is 1.73 bits per heavy atom. The topological polar surface area (TPSA) is 58.9 Å². The Labute approximate surface area is 126 Å². The Hall–Kier alpha value is -2.88. The van der Waals surface area contributed by atoms with Crippen molar-refractivity contribution in [3.8, 4) is 0 Å². The van der Waals surface area contributed by atoms with Gasteiger partial charge in [-0.25, -0.2) is 9.78 Å². The number of aryl methyl sites for hydroxylation is 2. The van der Waals surface area contributed by atoms with Gasteiger partial charge in [-0.2, -0.15) is 0 Å². The summed E-state index contributed by atoms with van der Waals surface area (Å²) in [6, 6.07) is 17.7. The van der Waals surface area contributed by atoms with Gasteiger partial charge >= 0.3 is 5.63 Å². The third-order valence-electron chi connectivity index (χ3n) is 3.80. The van der Waals surface area contributed by atoms with E-state index in [-0.39, 0.29) is 5.63 Å². The van der Waals surface area contributed by atoms with E-state index in [0.29, 0.717) is 16.6 Å². The Kier molecular flexibility index (Phi) is 3.00. The fraction of sp³-hybridized carbons (Fsp3) is 0.111. The number of H-pyrrole nitrogens is 1. The van der Waals surface area contributed by atoms with Gasteiger partial charge in [-0.05, 0) is 24.1 Å². The molecule has 4 aromatic rings. The maximum Gasteiger partial charge on any atom is 0.362 e. The normalized spacial score (nSPS) is 11.3. The number of fused-ring (bicyclic) bond motifs is 3. The molecule has 2 aromatic heterocycles. The maximum atomic E-state index is 12.0. The van der Waals surface area contributed by atoms with Crippen LogP contribution in [0, 0.1) is 0 Å². The van der Waals surface area contributed by atoms with Crippen molar-refractivity contribution in [3.05, 3.63) is 76.4 Å². The van der Waals surface area contributed by atoms with Crippen molar-refractivity contribution >= 4 is 22.0 Å². The molecule has 0 saturated heterocycles. The lowest BCUT2D eigenvalue weighted by atomic mass is 10.1. The quantitative estimate of drug-likeness (QED) is 0.588. The molecule has 0 atom stereocenters. The Morgan fingerprint density at radius 1 is 0.955 bits per heavy atom. The van der Waals surface area contributed by atoms with Crippen molar-refractivity contribution in [2.45, 2.75) is 12.8 Å². The molecule has 22 heavy (non-hydrogen) atoms. The molecule has 0 saturated carbocycles. The van der Waals surface area contributed by atoms with Crippen molar-refractivity contribution < 1.29 is 4.42 Å². The molecule has 4 heteroatoms. The van der Waals surface area contributed by atoms with E-state index in [4.69, 9.17) is 4.42 Å². The summed E-state index contributed by atoms with van der Waals surface area (Å²) < 4.78 is 5.32. The number of hydrogen-bond donors (Lipinski definition) is 1. The number of nitrogens with zero attached hydrogens (tertiary/aromatic N) is 1. The molecule has 0 radical (unpaired) electrons. The van der Waals surface area contributed by atoms with Crippen molar-refractivity contribution in [2.75, 3.05) is 0 Å². The van der Waals surface area contributed by atoms with E-state index in [1.807, 2.05) is 36.4 Å². The molecule has 2 heterocycles. The van der Waals surface area contributed by atoms with E-state index in [9.17, 15) is 4.79 Å². The molecule has 4 rings (SSSR count). The Bertz CT molecular complexity index is 1000. The predicted molar refractivity (Wildman–Crippen MR) is 86.0 cm³/mol. The van der Waals surface area contributed by atoms with E-state index in [2.05, 4.69) is 22.1 Å². The summed E-state index contributed by atoms with van der Waals surface area (Å²) in [5, 5.41) is 0.860. The van der Waals surface area contributed by atoms with E-state index >= 15 is 0 Å². The fourth-order valence-corrected chi connectivity index (χ4v) is 2.69. The molecule has 0 spiro atoms. The predicted octanol–water partition coefficient (Wildman–Crippen LogP) is 3.45. The van der Waals surface area contributed by atoms with Gasteiger partial charge in [0.15, 0.2) is 5.52 Å². The van der Waals surface area contributed by atoms with Gasteiger partial charge in [0.1, 0.15) is 16.9 Å². The third-order valence-corrected chi connectivity index (χ3v) is 3.80. The number of nitrogens with one attached hydrogen (secondary N) is 1. The van der Waals surface area contributed by atoms with Gasteiger partial charge in [-0.1, -0.05) is 42.5 Å². The minimum absolute atomic E-state index is 0.368. The Balaban J connectivity index is 1.75. The average molecular weight is 290 g/mol. The van der Waals surface area contributed by atoms with Crippen LogP contribution in [0.4, 0.5) is 0 Å². The highest BCUT2D eigenvalue weighted by molar-refractivity contribution is 6.00. The fourth-order valence-electron chi connectivity index (χ4n) is 2.69. The monoisotopic (exact) mass is 290 g/mol. The van der Waals surface area contributed by atoms with Crippen molar-refractivity contribution in [2.24, 2.45) is 0 Å². The lowest BCUT2D eigenvalue weighted by Crippen LogP contribution is -1.99. The van der Waals surface area contributed by atoms with Gasteiger partial charge in [0, 0.05) is 11.8 Å². The number of benzene rings is 2. The molecule has 0 aliphatic carbocycles. The molecule has 1 N–H and O–H groups in total. The highest BCUT2D eigenvalue weighted by atomic mass is 16.4. The zero-order valence-electron chi connectivity index (χ0n) is 11.9. The highest BCUT2D eigenvalue weighted by Gasteiger charge is 2.12. The van der Waals surface area contributed by atoms with Crippen molar-refractivity contribution in [1.29, 1.82) is 0 Å². The number of aromatic nitrogens is 2. The van der Waals surface area contributed by atoms with Gasteiger partial charge in [0.2, 0.25) is 0 Å². The standard InChI is InChI=1S/C18H14N2O2/c21-18-17-16(13-8-4-5-9-14(13)22-18)19-15(20-17)11-10-12-6-2-1-3-7-12/h1-9H,10-11H2,(H,19,20). The maximum absolute atomic E-state index is 12.0. The molecule has 0 unspecified atom stereocenters. The second-order valence-corrected chi connectivity index (χ2v) is 5.28. The molecular weight excluding hydrogens is 276 g/mol. The van der Waals surface area contributed by atoms with Crippen LogP contribution in [-0.2, 0) is 12.8 Å². The smallest absolute Gasteiger partial charge is 0.362 e. The summed E-state index contributed by atoms with van der Waals surface area (Å²) in [5.74, 6) is 0.808. The van der Waals surface area contributed by atoms with Crippen LogP contribution in [0.3, 0.4) is 0 Å². The summed E-state index contributed by atoms with van der Waals surface area (Å²) >= 11 is 0. The van der Waals surface area contributed by atoms with Crippen molar-refractivity contribution in [3.63, 3.8) is 0 Å². The molecule has 0 fully saturated rings. The first kappa shape index (κ1) is 12.8.